The van der Waals surface area contributed by atoms with Gasteiger partial charge in [0.25, 0.3) is 0 Å². The monoisotopic (exact) mass is 267 g/mol. The van der Waals surface area contributed by atoms with Crippen LogP contribution in [0.5, 0.6) is 0 Å². The van der Waals surface area contributed by atoms with Gasteiger partial charge in [-0.3, -0.25) is 4.79 Å². The van der Waals surface area contributed by atoms with Gasteiger partial charge in [-0.1, -0.05) is 30.8 Å². The van der Waals surface area contributed by atoms with Gasteiger partial charge in [0.15, 0.2) is 4.34 Å². The van der Waals surface area contributed by atoms with Crippen molar-refractivity contribution in [3.63, 3.8) is 0 Å². The lowest BCUT2D eigenvalue weighted by molar-refractivity contribution is -0.143. The molecule has 1 heterocycles. The summed E-state index contributed by atoms with van der Waals surface area (Å²) in [7, 11) is 1.42. The van der Waals surface area contributed by atoms with Gasteiger partial charge in [0.2, 0.25) is 0 Å². The highest BCUT2D eigenvalue weighted by molar-refractivity contribution is 8.01. The first-order valence-electron chi connectivity index (χ1n) is 5.27. The maximum Gasteiger partial charge on any atom is 0.309 e. The molecule has 0 spiro atoms. The molecule has 17 heavy (non-hydrogen) atoms. The van der Waals surface area contributed by atoms with Crippen LogP contribution in [-0.4, -0.2) is 23.8 Å². The normalized spacial score (nSPS) is 12.6. The Balaban J connectivity index is 2.01. The zero-order chi connectivity index (χ0) is 12.3. The number of methoxy groups -OCH3 is 1. The number of hydrogen-bond acceptors (Lipinski definition) is 5. The highest BCUT2D eigenvalue weighted by atomic mass is 32.2. The molecule has 90 valence electrons. The molecule has 0 aliphatic heterocycles. The summed E-state index contributed by atoms with van der Waals surface area (Å²) in [6.45, 7) is 1.87. The van der Waals surface area contributed by atoms with E-state index in [1.54, 1.807) is 23.1 Å². The summed E-state index contributed by atoms with van der Waals surface area (Å²) in [5, 5.41) is 0. The van der Waals surface area contributed by atoms with E-state index in [1.807, 2.05) is 25.1 Å². The van der Waals surface area contributed by atoms with Crippen LogP contribution < -0.4 is 0 Å². The summed E-state index contributed by atoms with van der Waals surface area (Å²) in [6, 6.07) is 8.04. The number of nitrogens with zero attached hydrogens (tertiary/aromatic N) is 1. The van der Waals surface area contributed by atoms with Crippen LogP contribution in [0.15, 0.2) is 28.6 Å². The van der Waals surface area contributed by atoms with Gasteiger partial charge in [0.1, 0.15) is 0 Å². The van der Waals surface area contributed by atoms with Crippen LogP contribution >= 0.6 is 23.1 Å². The van der Waals surface area contributed by atoms with E-state index in [4.69, 9.17) is 4.74 Å². The molecular weight excluding hydrogens is 254 g/mol. The Hall–Kier alpha value is -1.07. The zero-order valence-electron chi connectivity index (χ0n) is 9.67. The SMILES string of the molecule is COC(=O)C(C)CSc1nc2ccccc2s1. The highest BCUT2D eigenvalue weighted by Crippen LogP contribution is 2.30. The zero-order valence-corrected chi connectivity index (χ0v) is 11.3. The second-order valence-corrected chi connectivity index (χ2v) is 5.98. The standard InChI is InChI=1S/C12H13NO2S2/c1-8(11(14)15-2)7-16-12-13-9-5-3-4-6-10(9)17-12/h3-6,8H,7H2,1-2H3. The van der Waals surface area contributed by atoms with Crippen molar-refractivity contribution >= 4 is 39.3 Å². The van der Waals surface area contributed by atoms with Gasteiger partial charge >= 0.3 is 5.97 Å². The third-order valence-electron chi connectivity index (χ3n) is 2.33. The van der Waals surface area contributed by atoms with Gasteiger partial charge < -0.3 is 4.74 Å². The molecule has 1 aromatic carbocycles. The average molecular weight is 267 g/mol. The summed E-state index contributed by atoms with van der Waals surface area (Å²) < 4.78 is 6.87. The van der Waals surface area contributed by atoms with E-state index in [-0.39, 0.29) is 11.9 Å². The first kappa shape index (κ1) is 12.4. The van der Waals surface area contributed by atoms with Crippen LogP contribution in [-0.2, 0) is 9.53 Å². The molecule has 1 atom stereocenters. The number of rotatable bonds is 4. The molecule has 1 unspecified atom stereocenters. The molecule has 0 amide bonds. The van der Waals surface area contributed by atoms with Gasteiger partial charge in [0, 0.05) is 5.75 Å². The summed E-state index contributed by atoms with van der Waals surface area (Å²) >= 11 is 3.26. The lowest BCUT2D eigenvalue weighted by Gasteiger charge is -2.06. The number of ether oxygens (including phenoxy) is 1. The Morgan fingerprint density at radius 2 is 2.29 bits per heavy atom. The van der Waals surface area contributed by atoms with E-state index in [9.17, 15) is 4.79 Å². The largest absolute Gasteiger partial charge is 0.469 e. The quantitative estimate of drug-likeness (QED) is 0.630. The fourth-order valence-corrected chi connectivity index (χ4v) is 3.48. The minimum absolute atomic E-state index is 0.1000. The maximum absolute atomic E-state index is 11.3. The average Bonchev–Trinajstić information content (AvgIpc) is 2.77. The van der Waals surface area contributed by atoms with Gasteiger partial charge in [-0.15, -0.1) is 11.3 Å². The minimum Gasteiger partial charge on any atom is -0.469 e. The number of fused-ring (bicyclic) bond motifs is 1. The van der Waals surface area contributed by atoms with E-state index >= 15 is 0 Å². The summed E-state index contributed by atoms with van der Waals surface area (Å²) in [6.07, 6.45) is 0. The lowest BCUT2D eigenvalue weighted by Crippen LogP contribution is -2.14. The first-order valence-corrected chi connectivity index (χ1v) is 7.07. The van der Waals surface area contributed by atoms with E-state index in [1.165, 1.54) is 11.8 Å². The van der Waals surface area contributed by atoms with Crippen LogP contribution in [0, 0.1) is 5.92 Å². The molecule has 5 heteroatoms. The third-order valence-corrected chi connectivity index (χ3v) is 4.77. The van der Waals surface area contributed by atoms with Crippen molar-refractivity contribution in [1.29, 1.82) is 0 Å². The molecule has 0 saturated heterocycles. The highest BCUT2D eigenvalue weighted by Gasteiger charge is 2.14. The number of esters is 1. The van der Waals surface area contributed by atoms with Crippen molar-refractivity contribution in [2.45, 2.75) is 11.3 Å². The molecule has 0 aliphatic carbocycles. The molecule has 1 aromatic heterocycles. The van der Waals surface area contributed by atoms with E-state index in [0.717, 1.165) is 9.86 Å². The Bertz CT molecular complexity index is 491. The number of hydrogen-bond donors (Lipinski definition) is 0. The fourth-order valence-electron chi connectivity index (χ4n) is 1.38. The second kappa shape index (κ2) is 5.51. The molecule has 0 N–H and O–H groups in total. The molecular formula is C12H13NO2S2. The van der Waals surface area contributed by atoms with E-state index < -0.39 is 0 Å². The first-order chi connectivity index (χ1) is 8.20. The summed E-state index contributed by atoms with van der Waals surface area (Å²) in [5.74, 6) is 0.433. The van der Waals surface area contributed by atoms with Gasteiger partial charge in [-0.2, -0.15) is 0 Å². The number of benzene rings is 1. The Kier molecular flexibility index (Phi) is 4.02. The Morgan fingerprint density at radius 1 is 1.53 bits per heavy atom. The Morgan fingerprint density at radius 3 is 3.00 bits per heavy atom. The number of thiazole rings is 1. The Labute approximate surface area is 108 Å². The number of carbonyl (C=O) groups is 1. The van der Waals surface area contributed by atoms with Crippen LogP contribution in [0.1, 0.15) is 6.92 Å². The van der Waals surface area contributed by atoms with Crippen LogP contribution in [0.2, 0.25) is 0 Å². The van der Waals surface area contributed by atoms with Crippen molar-refractivity contribution in [1.82, 2.24) is 4.98 Å². The number of thioether (sulfide) groups is 1. The molecule has 0 radical (unpaired) electrons. The predicted octanol–water partition coefficient (Wildman–Crippen LogP) is 3.20. The molecule has 2 rings (SSSR count). The van der Waals surface area contributed by atoms with Crippen molar-refractivity contribution in [3.8, 4) is 0 Å². The third kappa shape index (κ3) is 2.98. The van der Waals surface area contributed by atoms with Crippen LogP contribution in [0.4, 0.5) is 0 Å². The topological polar surface area (TPSA) is 39.2 Å². The van der Waals surface area contributed by atoms with E-state index in [0.29, 0.717) is 5.75 Å². The number of para-hydroxylation sites is 1. The van der Waals surface area contributed by atoms with Crippen LogP contribution in [0.25, 0.3) is 10.2 Å². The fraction of sp³-hybridized carbons (Fsp3) is 0.333. The van der Waals surface area contributed by atoms with Crippen molar-refractivity contribution in [2.24, 2.45) is 5.92 Å². The molecule has 0 bridgehead atoms. The number of aromatic nitrogens is 1. The van der Waals surface area contributed by atoms with Gasteiger partial charge in [-0.05, 0) is 12.1 Å². The molecule has 2 aromatic rings. The summed E-state index contributed by atoms with van der Waals surface area (Å²) in [5.41, 5.74) is 1.02. The van der Waals surface area contributed by atoms with Crippen molar-refractivity contribution in [3.05, 3.63) is 24.3 Å². The van der Waals surface area contributed by atoms with Crippen molar-refractivity contribution in [2.75, 3.05) is 12.9 Å². The smallest absolute Gasteiger partial charge is 0.309 e. The predicted molar refractivity (Wildman–Crippen MR) is 71.5 cm³/mol. The number of carbonyl (C=O) groups excluding carboxylic acids is 1. The second-order valence-electron chi connectivity index (χ2n) is 3.68. The molecule has 0 fully saturated rings. The molecule has 3 nitrogen and oxygen atoms in total. The van der Waals surface area contributed by atoms with Crippen molar-refractivity contribution < 1.29 is 9.53 Å². The maximum atomic E-state index is 11.3. The lowest BCUT2D eigenvalue weighted by atomic mass is 10.2. The minimum atomic E-state index is -0.168. The van der Waals surface area contributed by atoms with E-state index in [2.05, 4.69) is 11.1 Å². The molecule has 0 saturated carbocycles. The van der Waals surface area contributed by atoms with Gasteiger partial charge in [-0.25, -0.2) is 4.98 Å². The van der Waals surface area contributed by atoms with Crippen LogP contribution in [0.3, 0.4) is 0 Å². The van der Waals surface area contributed by atoms with Gasteiger partial charge in [0.05, 0.1) is 23.2 Å². The summed E-state index contributed by atoms with van der Waals surface area (Å²) in [4.78, 5) is 15.8. The molecule has 0 aliphatic rings.